The second-order valence-electron chi connectivity index (χ2n) is 5.07. The third kappa shape index (κ3) is 3.85. The number of hydrogen-bond acceptors (Lipinski definition) is 4. The summed E-state index contributed by atoms with van der Waals surface area (Å²) in [6, 6.07) is 5.88. The molecule has 2 N–H and O–H groups in total. The van der Waals surface area contributed by atoms with Gasteiger partial charge in [0.1, 0.15) is 0 Å². The van der Waals surface area contributed by atoms with E-state index in [0.717, 1.165) is 49.7 Å². The Morgan fingerprint density at radius 3 is 2.68 bits per heavy atom. The molecule has 2 rings (SSSR count). The van der Waals surface area contributed by atoms with Crippen molar-refractivity contribution in [1.29, 1.82) is 0 Å². The first-order valence-corrected chi connectivity index (χ1v) is 6.84. The number of rotatable bonds is 5. The fraction of sp³-hybridized carbons (Fsp3) is 0.600. The van der Waals surface area contributed by atoms with Crippen molar-refractivity contribution in [2.45, 2.75) is 25.8 Å². The maximum absolute atomic E-state index is 5.88. The molecule has 0 bridgehead atoms. The lowest BCUT2D eigenvalue weighted by atomic mass is 10.0. The molecular formula is C15H23NO3. The first kappa shape index (κ1) is 14.2. The van der Waals surface area contributed by atoms with Crippen LogP contribution in [-0.4, -0.2) is 26.9 Å². The summed E-state index contributed by atoms with van der Waals surface area (Å²) in [4.78, 5) is 0. The van der Waals surface area contributed by atoms with Gasteiger partial charge in [0.2, 0.25) is 0 Å². The van der Waals surface area contributed by atoms with Crippen molar-refractivity contribution in [3.05, 3.63) is 23.8 Å². The second-order valence-corrected chi connectivity index (χ2v) is 5.07. The maximum Gasteiger partial charge on any atom is 0.161 e. The standard InChI is InChI=1S/C15H23NO3/c1-11(16)13-3-4-14(15(9-13)17-2)19-10-12-5-7-18-8-6-12/h3-4,9,11-12H,5-8,10,16H2,1-2H3/t11-/m1/s1. The van der Waals surface area contributed by atoms with E-state index in [1.165, 1.54) is 0 Å². The third-order valence-electron chi connectivity index (χ3n) is 3.53. The SMILES string of the molecule is COc1cc([C@@H](C)N)ccc1OCC1CCOCC1. The van der Waals surface area contributed by atoms with Crippen LogP contribution >= 0.6 is 0 Å². The van der Waals surface area contributed by atoms with E-state index in [1.807, 2.05) is 25.1 Å². The summed E-state index contributed by atoms with van der Waals surface area (Å²) in [5, 5.41) is 0. The van der Waals surface area contributed by atoms with Crippen LogP contribution in [0.2, 0.25) is 0 Å². The van der Waals surface area contributed by atoms with Gasteiger partial charge in [-0.25, -0.2) is 0 Å². The van der Waals surface area contributed by atoms with E-state index < -0.39 is 0 Å². The fourth-order valence-corrected chi connectivity index (χ4v) is 2.21. The van der Waals surface area contributed by atoms with E-state index in [4.69, 9.17) is 19.9 Å². The van der Waals surface area contributed by atoms with Gasteiger partial charge in [-0.2, -0.15) is 0 Å². The summed E-state index contributed by atoms with van der Waals surface area (Å²) < 4.78 is 16.6. The first-order chi connectivity index (χ1) is 9.20. The second kappa shape index (κ2) is 6.78. The summed E-state index contributed by atoms with van der Waals surface area (Å²) in [5.41, 5.74) is 6.92. The molecule has 106 valence electrons. The Bertz CT molecular complexity index is 400. The zero-order valence-electron chi connectivity index (χ0n) is 11.7. The van der Waals surface area contributed by atoms with Gasteiger partial charge in [-0.15, -0.1) is 0 Å². The summed E-state index contributed by atoms with van der Waals surface area (Å²) >= 11 is 0. The molecule has 0 unspecified atom stereocenters. The average molecular weight is 265 g/mol. The highest BCUT2D eigenvalue weighted by molar-refractivity contribution is 5.43. The van der Waals surface area contributed by atoms with E-state index in [-0.39, 0.29) is 6.04 Å². The van der Waals surface area contributed by atoms with Crippen LogP contribution in [0.3, 0.4) is 0 Å². The van der Waals surface area contributed by atoms with Crippen molar-refractivity contribution >= 4 is 0 Å². The molecule has 0 spiro atoms. The highest BCUT2D eigenvalue weighted by Gasteiger charge is 2.16. The summed E-state index contributed by atoms with van der Waals surface area (Å²) in [7, 11) is 1.65. The summed E-state index contributed by atoms with van der Waals surface area (Å²) in [6.07, 6.45) is 2.14. The lowest BCUT2D eigenvalue weighted by Crippen LogP contribution is -2.21. The smallest absolute Gasteiger partial charge is 0.161 e. The third-order valence-corrected chi connectivity index (χ3v) is 3.53. The molecule has 1 fully saturated rings. The minimum atomic E-state index is -0.00144. The van der Waals surface area contributed by atoms with E-state index >= 15 is 0 Å². The molecular weight excluding hydrogens is 242 g/mol. The van der Waals surface area contributed by atoms with Gasteiger partial charge in [-0.3, -0.25) is 0 Å². The minimum Gasteiger partial charge on any atom is -0.493 e. The van der Waals surface area contributed by atoms with Crippen LogP contribution < -0.4 is 15.2 Å². The molecule has 1 aromatic rings. The molecule has 0 aromatic heterocycles. The van der Waals surface area contributed by atoms with Gasteiger partial charge in [-0.05, 0) is 43.4 Å². The molecule has 1 atom stereocenters. The van der Waals surface area contributed by atoms with Gasteiger partial charge >= 0.3 is 0 Å². The van der Waals surface area contributed by atoms with E-state index in [0.29, 0.717) is 5.92 Å². The predicted octanol–water partition coefficient (Wildman–Crippen LogP) is 2.52. The fourth-order valence-electron chi connectivity index (χ4n) is 2.21. The number of benzene rings is 1. The lowest BCUT2D eigenvalue weighted by molar-refractivity contribution is 0.0493. The Kier molecular flexibility index (Phi) is 5.05. The molecule has 0 aliphatic carbocycles. The van der Waals surface area contributed by atoms with Crippen LogP contribution in [0.4, 0.5) is 0 Å². The number of hydrogen-bond donors (Lipinski definition) is 1. The van der Waals surface area contributed by atoms with Gasteiger partial charge in [0.05, 0.1) is 13.7 Å². The van der Waals surface area contributed by atoms with E-state index in [1.54, 1.807) is 7.11 Å². The largest absolute Gasteiger partial charge is 0.493 e. The molecule has 1 saturated heterocycles. The van der Waals surface area contributed by atoms with Gasteiger partial charge in [0, 0.05) is 19.3 Å². The summed E-state index contributed by atoms with van der Waals surface area (Å²) in [5.74, 6) is 2.12. The number of methoxy groups -OCH3 is 1. The molecule has 4 nitrogen and oxygen atoms in total. The zero-order valence-corrected chi connectivity index (χ0v) is 11.7. The molecule has 1 aromatic carbocycles. The van der Waals surface area contributed by atoms with Crippen LogP contribution in [0.1, 0.15) is 31.4 Å². The molecule has 1 aliphatic heterocycles. The predicted molar refractivity (Wildman–Crippen MR) is 74.6 cm³/mol. The Hall–Kier alpha value is -1.26. The molecule has 0 saturated carbocycles. The van der Waals surface area contributed by atoms with Crippen molar-refractivity contribution < 1.29 is 14.2 Å². The van der Waals surface area contributed by atoms with Gasteiger partial charge < -0.3 is 19.9 Å². The first-order valence-electron chi connectivity index (χ1n) is 6.84. The Balaban J connectivity index is 1.98. The van der Waals surface area contributed by atoms with Crippen molar-refractivity contribution in [2.24, 2.45) is 11.7 Å². The molecule has 19 heavy (non-hydrogen) atoms. The Morgan fingerprint density at radius 1 is 1.32 bits per heavy atom. The van der Waals surface area contributed by atoms with Crippen molar-refractivity contribution in [3.63, 3.8) is 0 Å². The highest BCUT2D eigenvalue weighted by atomic mass is 16.5. The van der Waals surface area contributed by atoms with Gasteiger partial charge in [0.25, 0.3) is 0 Å². The minimum absolute atomic E-state index is 0.00144. The topological polar surface area (TPSA) is 53.7 Å². The van der Waals surface area contributed by atoms with Crippen LogP contribution in [0.5, 0.6) is 11.5 Å². The highest BCUT2D eigenvalue weighted by Crippen LogP contribution is 2.30. The Labute approximate surface area is 114 Å². The Morgan fingerprint density at radius 2 is 2.05 bits per heavy atom. The lowest BCUT2D eigenvalue weighted by Gasteiger charge is -2.22. The van der Waals surface area contributed by atoms with Crippen molar-refractivity contribution in [1.82, 2.24) is 0 Å². The number of nitrogens with two attached hydrogens (primary N) is 1. The van der Waals surface area contributed by atoms with E-state index in [2.05, 4.69) is 0 Å². The molecule has 4 heteroatoms. The zero-order chi connectivity index (χ0) is 13.7. The molecule has 1 heterocycles. The molecule has 1 aliphatic rings. The van der Waals surface area contributed by atoms with Crippen LogP contribution in [0, 0.1) is 5.92 Å². The quantitative estimate of drug-likeness (QED) is 0.889. The molecule has 0 radical (unpaired) electrons. The van der Waals surface area contributed by atoms with Gasteiger partial charge in [-0.1, -0.05) is 6.07 Å². The van der Waals surface area contributed by atoms with Crippen LogP contribution in [0.15, 0.2) is 18.2 Å². The number of ether oxygens (including phenoxy) is 3. The monoisotopic (exact) mass is 265 g/mol. The summed E-state index contributed by atoms with van der Waals surface area (Å²) in [6.45, 7) is 4.36. The normalized spacial score (nSPS) is 18.1. The van der Waals surface area contributed by atoms with Crippen molar-refractivity contribution in [2.75, 3.05) is 26.9 Å². The average Bonchev–Trinajstić information content (AvgIpc) is 2.45. The maximum atomic E-state index is 5.88. The van der Waals surface area contributed by atoms with Gasteiger partial charge in [0.15, 0.2) is 11.5 Å². The van der Waals surface area contributed by atoms with E-state index in [9.17, 15) is 0 Å². The molecule has 0 amide bonds. The van der Waals surface area contributed by atoms with Crippen molar-refractivity contribution in [3.8, 4) is 11.5 Å². The van der Waals surface area contributed by atoms with Crippen LogP contribution in [0.25, 0.3) is 0 Å². The van der Waals surface area contributed by atoms with Crippen LogP contribution in [-0.2, 0) is 4.74 Å².